The van der Waals surface area contributed by atoms with Crippen molar-refractivity contribution in [1.82, 2.24) is 20.1 Å². The zero-order chi connectivity index (χ0) is 13.2. The second kappa shape index (κ2) is 5.28. The van der Waals surface area contributed by atoms with Crippen LogP contribution in [0.25, 0.3) is 0 Å². The van der Waals surface area contributed by atoms with Crippen LogP contribution in [0.3, 0.4) is 0 Å². The van der Waals surface area contributed by atoms with Gasteiger partial charge in [0.05, 0.1) is 0 Å². The van der Waals surface area contributed by atoms with Crippen LogP contribution in [0, 0.1) is 0 Å². The maximum atomic E-state index is 11.4. The van der Waals surface area contributed by atoms with Crippen molar-refractivity contribution in [2.24, 2.45) is 0 Å². The zero-order valence-corrected chi connectivity index (χ0v) is 11.0. The van der Waals surface area contributed by atoms with Crippen LogP contribution in [0.2, 0.25) is 0 Å². The van der Waals surface area contributed by atoms with E-state index in [1.54, 1.807) is 0 Å². The third kappa shape index (κ3) is 2.49. The van der Waals surface area contributed by atoms with Crippen molar-refractivity contribution in [2.45, 2.75) is 57.0 Å². The number of aliphatic carboxylic acids is 1. The Morgan fingerprint density at radius 2 is 2.21 bits per heavy atom. The van der Waals surface area contributed by atoms with Crippen molar-refractivity contribution in [2.75, 3.05) is 6.54 Å². The number of piperidine rings is 1. The Labute approximate surface area is 112 Å². The Balaban J connectivity index is 1.82. The molecule has 0 amide bonds. The molecule has 1 aromatic rings. The van der Waals surface area contributed by atoms with Gasteiger partial charge < -0.3 is 15.0 Å². The molecular weight excluding hydrogens is 244 g/mol. The Kier molecular flexibility index (Phi) is 3.50. The molecule has 19 heavy (non-hydrogen) atoms. The summed E-state index contributed by atoms with van der Waals surface area (Å²) in [5, 5.41) is 21.2. The molecule has 1 fully saturated rings. The highest BCUT2D eigenvalue weighted by molar-refractivity contribution is 5.72. The normalized spacial score (nSPS) is 26.9. The van der Waals surface area contributed by atoms with Crippen LogP contribution in [-0.4, -0.2) is 38.4 Å². The van der Waals surface area contributed by atoms with E-state index < -0.39 is 12.0 Å². The van der Waals surface area contributed by atoms with Gasteiger partial charge in [-0.15, -0.1) is 10.2 Å². The van der Waals surface area contributed by atoms with Gasteiger partial charge >= 0.3 is 5.97 Å². The summed E-state index contributed by atoms with van der Waals surface area (Å²) in [5.41, 5.74) is 0. The fourth-order valence-corrected chi connectivity index (χ4v) is 3.17. The molecule has 3 rings (SSSR count). The molecule has 0 bridgehead atoms. The standard InChI is InChI=1S/C13H20N4O2/c18-13(19)10-5-3-6-11-15-16-12(17(10)11)8-9-4-1-2-7-14-9/h9-10,14H,1-8H2,(H,18,19). The number of hydrogen-bond donors (Lipinski definition) is 2. The number of rotatable bonds is 3. The van der Waals surface area contributed by atoms with Gasteiger partial charge in [-0.05, 0) is 32.2 Å². The number of aromatic nitrogens is 3. The maximum absolute atomic E-state index is 11.4. The third-order valence-corrected chi connectivity index (χ3v) is 4.15. The molecule has 104 valence electrons. The van der Waals surface area contributed by atoms with Crippen molar-refractivity contribution < 1.29 is 9.90 Å². The third-order valence-electron chi connectivity index (χ3n) is 4.15. The first-order valence-corrected chi connectivity index (χ1v) is 7.14. The van der Waals surface area contributed by atoms with Crippen molar-refractivity contribution >= 4 is 5.97 Å². The zero-order valence-electron chi connectivity index (χ0n) is 11.0. The fraction of sp³-hybridized carbons (Fsp3) is 0.769. The SMILES string of the molecule is O=C(O)C1CCCc2nnc(CC3CCCCN3)n21. The van der Waals surface area contributed by atoms with E-state index in [1.165, 1.54) is 12.8 Å². The van der Waals surface area contributed by atoms with Crippen molar-refractivity contribution in [3.63, 3.8) is 0 Å². The molecule has 2 unspecified atom stereocenters. The summed E-state index contributed by atoms with van der Waals surface area (Å²) in [6.07, 6.45) is 6.81. The molecule has 2 aliphatic rings. The minimum atomic E-state index is -0.765. The first-order chi connectivity index (χ1) is 9.25. The van der Waals surface area contributed by atoms with Crippen LogP contribution in [-0.2, 0) is 17.6 Å². The second-order valence-corrected chi connectivity index (χ2v) is 5.50. The number of nitrogens with one attached hydrogen (secondary N) is 1. The molecule has 6 heteroatoms. The molecule has 2 aliphatic heterocycles. The number of aryl methyl sites for hydroxylation is 1. The van der Waals surface area contributed by atoms with Gasteiger partial charge in [0, 0.05) is 18.9 Å². The lowest BCUT2D eigenvalue weighted by Gasteiger charge is -2.26. The first-order valence-electron chi connectivity index (χ1n) is 7.14. The highest BCUT2D eigenvalue weighted by Crippen LogP contribution is 2.26. The van der Waals surface area contributed by atoms with E-state index in [2.05, 4.69) is 15.5 Å². The van der Waals surface area contributed by atoms with Gasteiger partial charge in [-0.2, -0.15) is 0 Å². The largest absolute Gasteiger partial charge is 0.480 e. The Morgan fingerprint density at radius 1 is 1.32 bits per heavy atom. The summed E-state index contributed by atoms with van der Waals surface area (Å²) in [6, 6.07) is -0.0595. The summed E-state index contributed by atoms with van der Waals surface area (Å²) in [4.78, 5) is 11.4. The van der Waals surface area contributed by atoms with Crippen LogP contribution in [0.15, 0.2) is 0 Å². The van der Waals surface area contributed by atoms with E-state index in [0.29, 0.717) is 12.5 Å². The Hall–Kier alpha value is -1.43. The maximum Gasteiger partial charge on any atom is 0.326 e. The molecule has 0 aromatic carbocycles. The van der Waals surface area contributed by atoms with Crippen molar-refractivity contribution in [3.8, 4) is 0 Å². The van der Waals surface area contributed by atoms with E-state index in [4.69, 9.17) is 0 Å². The number of nitrogens with zero attached hydrogens (tertiary/aromatic N) is 3. The van der Waals surface area contributed by atoms with E-state index in [1.807, 2.05) is 4.57 Å². The highest BCUT2D eigenvalue weighted by atomic mass is 16.4. The quantitative estimate of drug-likeness (QED) is 0.848. The van der Waals surface area contributed by atoms with Crippen LogP contribution in [0.1, 0.15) is 49.8 Å². The van der Waals surface area contributed by atoms with Crippen molar-refractivity contribution in [1.29, 1.82) is 0 Å². The average Bonchev–Trinajstić information content (AvgIpc) is 2.83. The lowest BCUT2D eigenvalue weighted by molar-refractivity contribution is -0.141. The second-order valence-electron chi connectivity index (χ2n) is 5.50. The van der Waals surface area contributed by atoms with Gasteiger partial charge in [0.1, 0.15) is 17.7 Å². The molecule has 3 heterocycles. The van der Waals surface area contributed by atoms with E-state index >= 15 is 0 Å². The molecule has 0 saturated carbocycles. The van der Waals surface area contributed by atoms with Gasteiger partial charge in [0.15, 0.2) is 0 Å². The number of fused-ring (bicyclic) bond motifs is 1. The lowest BCUT2D eigenvalue weighted by Crippen LogP contribution is -2.37. The summed E-state index contributed by atoms with van der Waals surface area (Å²) in [5.74, 6) is 0.907. The monoisotopic (exact) mass is 264 g/mol. The summed E-state index contributed by atoms with van der Waals surface area (Å²) >= 11 is 0. The van der Waals surface area contributed by atoms with Crippen LogP contribution >= 0.6 is 0 Å². The Morgan fingerprint density at radius 3 is 2.95 bits per heavy atom. The highest BCUT2D eigenvalue weighted by Gasteiger charge is 2.30. The molecular formula is C13H20N4O2. The average molecular weight is 264 g/mol. The van der Waals surface area contributed by atoms with Gasteiger partial charge in [-0.1, -0.05) is 6.42 Å². The number of hydrogen-bond acceptors (Lipinski definition) is 4. The van der Waals surface area contributed by atoms with Gasteiger partial charge in [-0.3, -0.25) is 0 Å². The number of carbonyl (C=O) groups is 1. The predicted octanol–water partition coefficient (Wildman–Crippen LogP) is 0.925. The number of carboxylic acid groups (broad SMARTS) is 1. The molecule has 0 aliphatic carbocycles. The van der Waals surface area contributed by atoms with Crippen molar-refractivity contribution in [3.05, 3.63) is 11.6 Å². The first kappa shape index (κ1) is 12.6. The van der Waals surface area contributed by atoms with Gasteiger partial charge in [-0.25, -0.2) is 4.79 Å². The minimum absolute atomic E-state index is 0.415. The van der Waals surface area contributed by atoms with E-state index in [-0.39, 0.29) is 0 Å². The minimum Gasteiger partial charge on any atom is -0.480 e. The smallest absolute Gasteiger partial charge is 0.326 e. The molecule has 1 aromatic heterocycles. The van der Waals surface area contributed by atoms with Crippen LogP contribution < -0.4 is 5.32 Å². The van der Waals surface area contributed by atoms with Gasteiger partial charge in [0.25, 0.3) is 0 Å². The number of carboxylic acids is 1. The molecule has 1 saturated heterocycles. The van der Waals surface area contributed by atoms with E-state index in [9.17, 15) is 9.90 Å². The summed E-state index contributed by atoms with van der Waals surface area (Å²) in [7, 11) is 0. The topological polar surface area (TPSA) is 80.0 Å². The fourth-order valence-electron chi connectivity index (χ4n) is 3.17. The Bertz CT molecular complexity index is 465. The van der Waals surface area contributed by atoms with Gasteiger partial charge in [0.2, 0.25) is 0 Å². The molecule has 0 spiro atoms. The predicted molar refractivity (Wildman–Crippen MR) is 69.0 cm³/mol. The molecule has 0 radical (unpaired) electrons. The van der Waals surface area contributed by atoms with Crippen LogP contribution in [0.4, 0.5) is 0 Å². The summed E-state index contributed by atoms with van der Waals surface area (Å²) < 4.78 is 1.86. The molecule has 6 nitrogen and oxygen atoms in total. The summed E-state index contributed by atoms with van der Waals surface area (Å²) in [6.45, 7) is 1.05. The molecule has 2 atom stereocenters. The van der Waals surface area contributed by atoms with Crippen LogP contribution in [0.5, 0.6) is 0 Å². The van der Waals surface area contributed by atoms with E-state index in [0.717, 1.165) is 43.9 Å². The lowest BCUT2D eigenvalue weighted by atomic mass is 10.0. The molecule has 2 N–H and O–H groups in total.